The van der Waals surface area contributed by atoms with Gasteiger partial charge in [-0.15, -0.1) is 0 Å². The summed E-state index contributed by atoms with van der Waals surface area (Å²) in [4.78, 5) is 17.5. The molecule has 7 heteroatoms. The van der Waals surface area contributed by atoms with Crippen LogP contribution in [0, 0.1) is 6.92 Å². The molecule has 0 spiro atoms. The minimum atomic E-state index is -1.51. The average molecular weight is 322 g/mol. The van der Waals surface area contributed by atoms with E-state index in [1.807, 2.05) is 19.1 Å². The minimum Gasteiger partial charge on any atom is -0.270 e. The van der Waals surface area contributed by atoms with Crippen molar-refractivity contribution in [2.24, 2.45) is 0 Å². The van der Waals surface area contributed by atoms with Crippen molar-refractivity contribution < 1.29 is 19.1 Å². The van der Waals surface area contributed by atoms with Crippen molar-refractivity contribution in [2.75, 3.05) is 0 Å². The number of carbonyl (C=O) groups is 1. The Balaban J connectivity index is 1.79. The molecular weight excluding hydrogens is 304 g/mol. The van der Waals surface area contributed by atoms with E-state index < -0.39 is 17.2 Å². The van der Waals surface area contributed by atoms with Crippen LogP contribution in [-0.2, 0) is 15.9 Å². The summed E-state index contributed by atoms with van der Waals surface area (Å²) in [5, 5.41) is 9.15. The molecule has 22 heavy (non-hydrogen) atoms. The highest BCUT2D eigenvalue weighted by Crippen LogP contribution is 2.38. The first-order chi connectivity index (χ1) is 10.6. The molecule has 2 N–H and O–H groups in total. The lowest BCUT2D eigenvalue weighted by atomic mass is 9.98. The monoisotopic (exact) mass is 322 g/mol. The summed E-state index contributed by atoms with van der Waals surface area (Å²) < 4.78 is 13.7. The number of nitrogens with one attached hydrogen (secondary N) is 1. The van der Waals surface area contributed by atoms with Crippen LogP contribution in [-0.4, -0.2) is 26.0 Å². The Morgan fingerprint density at radius 3 is 2.68 bits per heavy atom. The molecule has 2 atom stereocenters. The predicted molar refractivity (Wildman–Crippen MR) is 81.6 cm³/mol. The van der Waals surface area contributed by atoms with Gasteiger partial charge in [0.05, 0.1) is 0 Å². The van der Waals surface area contributed by atoms with Gasteiger partial charge in [-0.3, -0.25) is 10.2 Å². The van der Waals surface area contributed by atoms with E-state index in [-0.39, 0.29) is 5.91 Å². The maximum atomic E-state index is 12.5. The highest BCUT2D eigenvalue weighted by atomic mass is 32.2. The third kappa shape index (κ3) is 2.72. The first-order valence-corrected chi connectivity index (χ1v) is 8.33. The van der Waals surface area contributed by atoms with E-state index in [9.17, 15) is 9.00 Å². The molecule has 1 unspecified atom stereocenters. The van der Waals surface area contributed by atoms with Crippen LogP contribution >= 0.6 is 0 Å². The Morgan fingerprint density at radius 1 is 1.32 bits per heavy atom. The largest absolute Gasteiger partial charge is 0.270 e. The molecule has 1 amide bonds. The third-order valence-electron chi connectivity index (χ3n) is 3.98. The highest BCUT2D eigenvalue weighted by molar-refractivity contribution is 7.87. The van der Waals surface area contributed by atoms with Gasteiger partial charge in [-0.05, 0) is 50.3 Å². The molecule has 6 nitrogen and oxygen atoms in total. The standard InChI is InChI=1S/C15H18N2O4S/c1-10-6-8-11(9-7-10)14(18)16-17-15(21-19)12-4-2-3-5-13(12)22(17)20/h6-9,15,19H,2-5H2,1H3,(H,16,18)/t15-,22?/m0/s1. The Kier molecular flexibility index (Phi) is 4.39. The summed E-state index contributed by atoms with van der Waals surface area (Å²) in [6, 6.07) is 7.07. The normalized spacial score (nSPS) is 25.2. The Labute approximate surface area is 131 Å². The van der Waals surface area contributed by atoms with Crippen LogP contribution in [0.25, 0.3) is 0 Å². The molecule has 1 aromatic carbocycles. The van der Waals surface area contributed by atoms with Crippen LogP contribution in [0.3, 0.4) is 0 Å². The van der Waals surface area contributed by atoms with E-state index in [2.05, 4.69) is 10.3 Å². The van der Waals surface area contributed by atoms with Crippen LogP contribution in [0.2, 0.25) is 0 Å². The molecule has 0 bridgehead atoms. The number of rotatable bonds is 3. The first-order valence-electron chi connectivity index (χ1n) is 7.22. The average Bonchev–Trinajstić information content (AvgIpc) is 2.80. The van der Waals surface area contributed by atoms with Gasteiger partial charge >= 0.3 is 0 Å². The number of hydrogen-bond donors (Lipinski definition) is 2. The van der Waals surface area contributed by atoms with Gasteiger partial charge < -0.3 is 0 Å². The number of benzene rings is 1. The minimum absolute atomic E-state index is 0.379. The van der Waals surface area contributed by atoms with Crippen LogP contribution < -0.4 is 5.43 Å². The molecule has 0 saturated heterocycles. The van der Waals surface area contributed by atoms with Gasteiger partial charge in [0, 0.05) is 10.5 Å². The second-order valence-corrected chi connectivity index (χ2v) is 6.88. The van der Waals surface area contributed by atoms with Crippen LogP contribution in [0.1, 0.15) is 41.6 Å². The summed E-state index contributed by atoms with van der Waals surface area (Å²) in [5.41, 5.74) is 4.92. The third-order valence-corrected chi connectivity index (χ3v) is 5.51. The van der Waals surface area contributed by atoms with Crippen LogP contribution in [0.15, 0.2) is 34.7 Å². The smallest absolute Gasteiger partial charge is 0.266 e. The fourth-order valence-electron chi connectivity index (χ4n) is 2.78. The molecule has 3 rings (SSSR count). The SMILES string of the molecule is Cc1ccc(C(=O)NN2[C@@H](OO)C3=C(CCCC3)S2=O)cc1. The number of amides is 1. The topological polar surface area (TPSA) is 78.9 Å². The fraction of sp³-hybridized carbons (Fsp3) is 0.400. The molecular formula is C15H18N2O4S. The number of hydrogen-bond acceptors (Lipinski definition) is 4. The molecule has 1 heterocycles. The van der Waals surface area contributed by atoms with Gasteiger partial charge in [-0.25, -0.2) is 14.4 Å². The Hall–Kier alpha value is -1.54. The lowest BCUT2D eigenvalue weighted by Crippen LogP contribution is -2.47. The zero-order valence-corrected chi connectivity index (χ0v) is 13.1. The molecule has 1 aromatic rings. The van der Waals surface area contributed by atoms with Crippen LogP contribution in [0.4, 0.5) is 0 Å². The molecule has 0 saturated carbocycles. The maximum absolute atomic E-state index is 12.5. The van der Waals surface area contributed by atoms with Crippen molar-refractivity contribution in [1.82, 2.24) is 9.84 Å². The zero-order valence-electron chi connectivity index (χ0n) is 12.2. The number of hydrazine groups is 1. The van der Waals surface area contributed by atoms with Crippen molar-refractivity contribution >= 4 is 16.9 Å². The summed E-state index contributed by atoms with van der Waals surface area (Å²) >= 11 is 0. The van der Waals surface area contributed by atoms with E-state index in [1.54, 1.807) is 12.1 Å². The van der Waals surface area contributed by atoms with E-state index >= 15 is 0 Å². The molecule has 118 valence electrons. The summed E-state index contributed by atoms with van der Waals surface area (Å²) in [7, 11) is -1.51. The van der Waals surface area contributed by atoms with Gasteiger partial charge in [0.25, 0.3) is 5.91 Å². The molecule has 1 aliphatic carbocycles. The van der Waals surface area contributed by atoms with E-state index in [4.69, 9.17) is 5.26 Å². The molecule has 0 fully saturated rings. The Bertz CT molecular complexity index is 641. The van der Waals surface area contributed by atoms with E-state index in [0.717, 1.165) is 35.3 Å². The van der Waals surface area contributed by atoms with Crippen molar-refractivity contribution in [2.45, 2.75) is 38.8 Å². The Morgan fingerprint density at radius 2 is 2.00 bits per heavy atom. The second kappa shape index (κ2) is 6.29. The highest BCUT2D eigenvalue weighted by Gasteiger charge is 2.42. The second-order valence-electron chi connectivity index (χ2n) is 5.50. The number of carbonyl (C=O) groups excluding carboxylic acids is 1. The molecule has 0 radical (unpaired) electrons. The predicted octanol–water partition coefficient (Wildman–Crippen LogP) is 2.26. The maximum Gasteiger partial charge on any atom is 0.266 e. The van der Waals surface area contributed by atoms with Gasteiger partial charge in [0.15, 0.2) is 6.23 Å². The summed E-state index contributed by atoms with van der Waals surface area (Å²) in [5.74, 6) is -0.379. The van der Waals surface area contributed by atoms with Gasteiger partial charge in [-0.1, -0.05) is 22.1 Å². The lowest BCUT2D eigenvalue weighted by molar-refractivity contribution is -0.292. The van der Waals surface area contributed by atoms with Crippen molar-refractivity contribution in [3.8, 4) is 0 Å². The van der Waals surface area contributed by atoms with Gasteiger partial charge in [-0.2, -0.15) is 0 Å². The van der Waals surface area contributed by atoms with Crippen molar-refractivity contribution in [3.05, 3.63) is 45.9 Å². The van der Waals surface area contributed by atoms with Gasteiger partial charge in [0.1, 0.15) is 11.0 Å². The number of nitrogens with zero attached hydrogens (tertiary/aromatic N) is 1. The van der Waals surface area contributed by atoms with Crippen molar-refractivity contribution in [3.63, 3.8) is 0 Å². The van der Waals surface area contributed by atoms with E-state index in [1.165, 1.54) is 4.41 Å². The summed E-state index contributed by atoms with van der Waals surface area (Å²) in [6.07, 6.45) is 2.49. The van der Waals surface area contributed by atoms with E-state index in [0.29, 0.717) is 12.0 Å². The molecule has 2 aliphatic rings. The zero-order chi connectivity index (χ0) is 15.7. The number of allylic oxidation sites excluding steroid dienone is 1. The quantitative estimate of drug-likeness (QED) is 0.661. The fourth-order valence-corrected chi connectivity index (χ4v) is 4.27. The summed E-state index contributed by atoms with van der Waals surface area (Å²) in [6.45, 7) is 1.94. The molecule has 0 aromatic heterocycles. The first kappa shape index (κ1) is 15.4. The van der Waals surface area contributed by atoms with Crippen molar-refractivity contribution in [1.29, 1.82) is 0 Å². The molecule has 1 aliphatic heterocycles. The number of aryl methyl sites for hydroxylation is 1. The van der Waals surface area contributed by atoms with Crippen LogP contribution in [0.5, 0.6) is 0 Å². The lowest BCUT2D eigenvalue weighted by Gasteiger charge is -2.22. The van der Waals surface area contributed by atoms with Gasteiger partial charge in [0.2, 0.25) is 0 Å².